The second-order valence-electron chi connectivity index (χ2n) is 4.31. The number of nitriles is 1. The van der Waals surface area contributed by atoms with Crippen LogP contribution >= 0.6 is 11.6 Å². The molecule has 0 aliphatic carbocycles. The van der Waals surface area contributed by atoms with Gasteiger partial charge in [-0.05, 0) is 36.4 Å². The Labute approximate surface area is 132 Å². The van der Waals surface area contributed by atoms with Crippen LogP contribution in [-0.2, 0) is 0 Å². The lowest BCUT2D eigenvalue weighted by molar-refractivity contribution is 0.104. The van der Waals surface area contributed by atoms with Gasteiger partial charge in [0.25, 0.3) is 0 Å². The Morgan fingerprint density at radius 3 is 2.82 bits per heavy atom. The largest absolute Gasteiger partial charge is 0.478 e. The van der Waals surface area contributed by atoms with E-state index in [4.69, 9.17) is 21.6 Å². The molecule has 3 nitrogen and oxygen atoms in total. The van der Waals surface area contributed by atoms with Crippen LogP contribution in [0.4, 0.5) is 4.39 Å². The molecule has 2 rings (SSSR count). The van der Waals surface area contributed by atoms with Gasteiger partial charge in [-0.3, -0.25) is 4.79 Å². The molecule has 0 aromatic heterocycles. The van der Waals surface area contributed by atoms with Gasteiger partial charge in [0, 0.05) is 11.1 Å². The van der Waals surface area contributed by atoms with Gasteiger partial charge in [0.2, 0.25) is 0 Å². The topological polar surface area (TPSA) is 50.1 Å². The Bertz CT molecular complexity index is 765. The van der Waals surface area contributed by atoms with Gasteiger partial charge in [0.1, 0.15) is 17.6 Å². The van der Waals surface area contributed by atoms with Gasteiger partial charge in [-0.15, -0.1) is 0 Å². The van der Waals surface area contributed by atoms with Crippen molar-refractivity contribution < 1.29 is 13.9 Å². The van der Waals surface area contributed by atoms with E-state index in [9.17, 15) is 9.18 Å². The summed E-state index contributed by atoms with van der Waals surface area (Å²) < 4.78 is 18.3. The van der Waals surface area contributed by atoms with Gasteiger partial charge < -0.3 is 4.74 Å². The molecule has 0 bridgehead atoms. The molecule has 2 aromatic rings. The summed E-state index contributed by atoms with van der Waals surface area (Å²) in [6.07, 6.45) is 2.92. The number of benzene rings is 2. The Kier molecular flexibility index (Phi) is 5.29. The maximum atomic E-state index is 13.1. The second kappa shape index (κ2) is 7.39. The third-order valence-corrected chi connectivity index (χ3v) is 3.12. The number of nitrogens with zero attached hydrogens (tertiary/aromatic N) is 1. The number of halogens is 2. The summed E-state index contributed by atoms with van der Waals surface area (Å²) in [4.78, 5) is 12.0. The number of ether oxygens (including phenoxy) is 1. The molecule has 0 saturated carbocycles. The van der Waals surface area contributed by atoms with Crippen LogP contribution in [0.3, 0.4) is 0 Å². The van der Waals surface area contributed by atoms with Gasteiger partial charge in [0.05, 0.1) is 5.02 Å². The molecular weight excluding hydrogens is 305 g/mol. The van der Waals surface area contributed by atoms with Crippen molar-refractivity contribution in [3.8, 4) is 11.8 Å². The fraction of sp³-hybridized carbons (Fsp3) is 0.0588. The number of carbonyl (C=O) groups is 1. The van der Waals surface area contributed by atoms with E-state index in [0.29, 0.717) is 11.3 Å². The van der Waals surface area contributed by atoms with E-state index >= 15 is 0 Å². The summed E-state index contributed by atoms with van der Waals surface area (Å²) in [7, 11) is 0. The molecule has 22 heavy (non-hydrogen) atoms. The van der Waals surface area contributed by atoms with Crippen LogP contribution in [0.15, 0.2) is 48.5 Å². The second-order valence-corrected chi connectivity index (χ2v) is 4.72. The minimum atomic E-state index is -0.572. The summed E-state index contributed by atoms with van der Waals surface area (Å²) in [6, 6.07) is 12.7. The Hall–Kier alpha value is -2.64. The molecular formula is C17H11ClFNO2. The first-order chi connectivity index (χ1) is 10.6. The lowest BCUT2D eigenvalue weighted by Crippen LogP contribution is -1.97. The molecule has 0 unspecified atom stereocenters. The van der Waals surface area contributed by atoms with E-state index in [2.05, 4.69) is 0 Å². The van der Waals surface area contributed by atoms with Gasteiger partial charge in [-0.25, -0.2) is 4.39 Å². The van der Waals surface area contributed by atoms with Crippen molar-refractivity contribution in [1.29, 1.82) is 5.26 Å². The number of ketones is 1. The first-order valence-electron chi connectivity index (χ1n) is 6.38. The molecule has 2 aromatic carbocycles. The van der Waals surface area contributed by atoms with Crippen LogP contribution < -0.4 is 4.74 Å². The zero-order chi connectivity index (χ0) is 15.9. The highest BCUT2D eigenvalue weighted by molar-refractivity contribution is 6.31. The van der Waals surface area contributed by atoms with Crippen molar-refractivity contribution in [2.75, 3.05) is 6.61 Å². The van der Waals surface area contributed by atoms with Gasteiger partial charge in [0.15, 0.2) is 12.4 Å². The maximum Gasteiger partial charge on any atom is 0.185 e. The summed E-state index contributed by atoms with van der Waals surface area (Å²) in [5, 5.41) is 8.44. The third-order valence-electron chi connectivity index (χ3n) is 2.83. The smallest absolute Gasteiger partial charge is 0.185 e. The number of rotatable bonds is 5. The molecule has 0 aliphatic rings. The van der Waals surface area contributed by atoms with Gasteiger partial charge in [-0.1, -0.05) is 29.8 Å². The first-order valence-corrected chi connectivity index (χ1v) is 6.76. The normalized spacial score (nSPS) is 10.4. The predicted octanol–water partition coefficient (Wildman–Crippen LogP) is 4.28. The number of hydrogen-bond acceptors (Lipinski definition) is 3. The highest BCUT2D eigenvalue weighted by Gasteiger charge is 2.06. The van der Waals surface area contributed by atoms with E-state index in [1.807, 2.05) is 6.07 Å². The first kappa shape index (κ1) is 15.7. The summed E-state index contributed by atoms with van der Waals surface area (Å²) >= 11 is 5.66. The Morgan fingerprint density at radius 1 is 1.32 bits per heavy atom. The highest BCUT2D eigenvalue weighted by Crippen LogP contribution is 2.20. The molecule has 0 radical (unpaired) electrons. The molecule has 0 spiro atoms. The number of hydrogen-bond donors (Lipinski definition) is 0. The molecule has 0 aliphatic heterocycles. The maximum absolute atomic E-state index is 13.1. The standard InChI is InChI=1S/C17H11ClFNO2/c18-14-11-13(5-7-15(14)19)16(21)8-6-12-3-1-2-4-17(12)22-10-9-20/h1-8,11H,10H2/b8-6-. The van der Waals surface area contributed by atoms with E-state index in [1.165, 1.54) is 18.2 Å². The highest BCUT2D eigenvalue weighted by atomic mass is 35.5. The Morgan fingerprint density at radius 2 is 2.09 bits per heavy atom. The van der Waals surface area contributed by atoms with Crippen LogP contribution in [0.25, 0.3) is 6.08 Å². The van der Waals surface area contributed by atoms with Gasteiger partial charge in [-0.2, -0.15) is 5.26 Å². The molecule has 0 amide bonds. The summed E-state index contributed by atoms with van der Waals surface area (Å²) in [6.45, 7) is -0.0770. The minimum absolute atomic E-state index is 0.0770. The molecule has 110 valence electrons. The van der Waals surface area contributed by atoms with Crippen molar-refractivity contribution in [3.05, 3.63) is 70.5 Å². The lowest BCUT2D eigenvalue weighted by Gasteiger charge is -2.05. The van der Waals surface area contributed by atoms with E-state index in [1.54, 1.807) is 30.3 Å². The van der Waals surface area contributed by atoms with Gasteiger partial charge >= 0.3 is 0 Å². The molecule has 0 atom stereocenters. The van der Waals surface area contributed by atoms with Crippen molar-refractivity contribution in [2.24, 2.45) is 0 Å². The van der Waals surface area contributed by atoms with E-state index < -0.39 is 5.82 Å². The third kappa shape index (κ3) is 3.94. The molecule has 0 heterocycles. The molecule has 0 saturated heterocycles. The van der Waals surface area contributed by atoms with Crippen molar-refractivity contribution in [2.45, 2.75) is 0 Å². The fourth-order valence-electron chi connectivity index (χ4n) is 1.77. The Balaban J connectivity index is 2.19. The van der Waals surface area contributed by atoms with Crippen LogP contribution in [-0.4, -0.2) is 12.4 Å². The molecule has 0 N–H and O–H groups in total. The average Bonchev–Trinajstić information content (AvgIpc) is 2.54. The van der Waals surface area contributed by atoms with E-state index in [-0.39, 0.29) is 23.0 Å². The molecule has 5 heteroatoms. The average molecular weight is 316 g/mol. The lowest BCUT2D eigenvalue weighted by atomic mass is 10.1. The SMILES string of the molecule is N#CCOc1ccccc1/C=C\C(=O)c1ccc(F)c(Cl)c1. The van der Waals surface area contributed by atoms with Crippen molar-refractivity contribution in [1.82, 2.24) is 0 Å². The zero-order valence-electron chi connectivity index (χ0n) is 11.4. The van der Waals surface area contributed by atoms with Crippen LogP contribution in [0.1, 0.15) is 15.9 Å². The van der Waals surface area contributed by atoms with Crippen LogP contribution in [0.5, 0.6) is 5.75 Å². The predicted molar refractivity (Wildman–Crippen MR) is 82.3 cm³/mol. The van der Waals surface area contributed by atoms with Crippen molar-refractivity contribution in [3.63, 3.8) is 0 Å². The number of para-hydroxylation sites is 1. The zero-order valence-corrected chi connectivity index (χ0v) is 12.2. The number of carbonyl (C=O) groups excluding carboxylic acids is 1. The summed E-state index contributed by atoms with van der Waals surface area (Å²) in [5.41, 5.74) is 0.956. The van der Waals surface area contributed by atoms with E-state index in [0.717, 1.165) is 6.07 Å². The van der Waals surface area contributed by atoms with Crippen molar-refractivity contribution >= 4 is 23.5 Å². The van der Waals surface area contributed by atoms with Crippen LogP contribution in [0.2, 0.25) is 5.02 Å². The number of allylic oxidation sites excluding steroid dienone is 1. The fourth-order valence-corrected chi connectivity index (χ4v) is 1.95. The quantitative estimate of drug-likeness (QED) is 0.611. The van der Waals surface area contributed by atoms with Crippen LogP contribution in [0, 0.1) is 17.1 Å². The molecule has 0 fully saturated rings. The minimum Gasteiger partial charge on any atom is -0.478 e. The summed E-state index contributed by atoms with van der Waals surface area (Å²) in [5.74, 6) is -0.375. The monoisotopic (exact) mass is 315 g/mol.